The summed E-state index contributed by atoms with van der Waals surface area (Å²) in [4.78, 5) is 32.9. The minimum absolute atomic E-state index is 0.153. The summed E-state index contributed by atoms with van der Waals surface area (Å²) in [6.45, 7) is 5.36. The summed E-state index contributed by atoms with van der Waals surface area (Å²) in [6, 6.07) is 0.195. The van der Waals surface area contributed by atoms with Gasteiger partial charge >= 0.3 is 5.97 Å². The number of nitrogens with two attached hydrogens (primary N) is 1. The van der Waals surface area contributed by atoms with Gasteiger partial charge in [0.1, 0.15) is 0 Å². The number of anilines is 1. The molecule has 2 aromatic heterocycles. The second-order valence-electron chi connectivity index (χ2n) is 7.42. The van der Waals surface area contributed by atoms with Gasteiger partial charge in [-0.3, -0.25) is 9.59 Å². The fourth-order valence-electron chi connectivity index (χ4n) is 3.69. The number of ether oxygens (including phenoxy) is 1. The lowest BCUT2D eigenvalue weighted by molar-refractivity contribution is -0.155. The van der Waals surface area contributed by atoms with E-state index in [1.807, 2.05) is 13.8 Å². The van der Waals surface area contributed by atoms with Gasteiger partial charge < -0.3 is 15.8 Å². The van der Waals surface area contributed by atoms with E-state index in [4.69, 9.17) is 10.5 Å². The van der Waals surface area contributed by atoms with Crippen molar-refractivity contribution in [3.8, 4) is 0 Å². The average molecular weight is 388 g/mol. The number of hydrogen-bond donors (Lipinski definition) is 2. The molecule has 3 N–H and O–H groups in total. The Hall–Kier alpha value is -2.71. The number of nitrogens with one attached hydrogen (secondary N) is 1. The van der Waals surface area contributed by atoms with Crippen LogP contribution < -0.4 is 11.1 Å². The number of amides is 1. The Labute approximate surface area is 164 Å². The molecule has 152 valence electrons. The van der Waals surface area contributed by atoms with Crippen LogP contribution in [-0.2, 0) is 20.7 Å². The maximum absolute atomic E-state index is 12.2. The monoisotopic (exact) mass is 388 g/mol. The average Bonchev–Trinajstić information content (AvgIpc) is 3.02. The summed E-state index contributed by atoms with van der Waals surface area (Å²) < 4.78 is 6.89. The maximum atomic E-state index is 12.2. The van der Waals surface area contributed by atoms with E-state index in [-0.39, 0.29) is 24.3 Å². The molecule has 1 saturated carbocycles. The fraction of sp³-hybridized carbons (Fsp3) is 0.632. The van der Waals surface area contributed by atoms with Crippen LogP contribution in [-0.4, -0.2) is 43.6 Å². The van der Waals surface area contributed by atoms with Gasteiger partial charge in [-0.1, -0.05) is 19.3 Å². The molecular weight excluding hydrogens is 360 g/mol. The van der Waals surface area contributed by atoms with Crippen LogP contribution in [0.2, 0.25) is 0 Å². The van der Waals surface area contributed by atoms with Crippen molar-refractivity contribution in [3.63, 3.8) is 0 Å². The van der Waals surface area contributed by atoms with Crippen molar-refractivity contribution in [1.29, 1.82) is 0 Å². The molecule has 3 rings (SSSR count). The van der Waals surface area contributed by atoms with Crippen molar-refractivity contribution < 1.29 is 14.3 Å². The second kappa shape index (κ2) is 8.53. The fourth-order valence-corrected chi connectivity index (χ4v) is 3.69. The minimum atomic E-state index is -0.799. The quantitative estimate of drug-likeness (QED) is 0.721. The molecule has 0 spiro atoms. The zero-order chi connectivity index (χ0) is 20.3. The molecular formula is C19H28N6O3. The third kappa shape index (κ3) is 4.58. The maximum Gasteiger partial charge on any atom is 0.306 e. The van der Waals surface area contributed by atoms with E-state index in [9.17, 15) is 9.59 Å². The van der Waals surface area contributed by atoms with Crippen molar-refractivity contribution in [2.75, 3.05) is 5.73 Å². The van der Waals surface area contributed by atoms with Gasteiger partial charge in [0.25, 0.3) is 11.7 Å². The standard InChI is InChI=1S/C19H28N6O3/c1-11-15(12(2)25-19(21-11)23-18(20)24-25)9-10-16(26)28-13(3)17(27)22-14-7-5-4-6-8-14/h13-14H,4-10H2,1-3H3,(H2,20,24)(H,22,27)/t13-/m1/s1. The third-order valence-electron chi connectivity index (χ3n) is 5.27. The molecule has 0 aromatic carbocycles. The topological polar surface area (TPSA) is 124 Å². The van der Waals surface area contributed by atoms with E-state index in [2.05, 4.69) is 20.4 Å². The summed E-state index contributed by atoms with van der Waals surface area (Å²) in [5.41, 5.74) is 8.14. The van der Waals surface area contributed by atoms with Gasteiger partial charge in [-0.2, -0.15) is 9.50 Å². The van der Waals surface area contributed by atoms with Gasteiger partial charge in [0, 0.05) is 23.9 Å². The number of nitrogen functional groups attached to an aromatic ring is 1. The van der Waals surface area contributed by atoms with E-state index in [0.29, 0.717) is 12.2 Å². The molecule has 28 heavy (non-hydrogen) atoms. The number of esters is 1. The Morgan fingerprint density at radius 1 is 1.25 bits per heavy atom. The van der Waals surface area contributed by atoms with Gasteiger partial charge in [0.05, 0.1) is 0 Å². The SMILES string of the molecule is Cc1nc2nc(N)nn2c(C)c1CCC(=O)O[C@H](C)C(=O)NC1CCCCC1. The van der Waals surface area contributed by atoms with Crippen molar-refractivity contribution in [2.45, 2.75) is 77.9 Å². The number of rotatable bonds is 6. The molecule has 0 radical (unpaired) electrons. The van der Waals surface area contributed by atoms with Crippen molar-refractivity contribution in [3.05, 3.63) is 17.0 Å². The molecule has 0 aliphatic heterocycles. The number of carbonyl (C=O) groups excluding carboxylic acids is 2. The molecule has 0 saturated heterocycles. The van der Waals surface area contributed by atoms with E-state index >= 15 is 0 Å². The number of nitrogens with zero attached hydrogens (tertiary/aromatic N) is 4. The van der Waals surface area contributed by atoms with Crippen LogP contribution in [0.4, 0.5) is 5.95 Å². The predicted octanol–water partition coefficient (Wildman–Crippen LogP) is 1.64. The summed E-state index contributed by atoms with van der Waals surface area (Å²) in [5, 5.41) is 7.10. The van der Waals surface area contributed by atoms with E-state index in [0.717, 1.165) is 42.6 Å². The molecule has 0 bridgehead atoms. The summed E-state index contributed by atoms with van der Waals surface area (Å²) in [5.74, 6) is -0.0479. The zero-order valence-electron chi connectivity index (χ0n) is 16.7. The van der Waals surface area contributed by atoms with Gasteiger partial charge in [-0.15, -0.1) is 5.10 Å². The minimum Gasteiger partial charge on any atom is -0.453 e. The number of carbonyl (C=O) groups is 2. The number of aromatic nitrogens is 4. The summed E-state index contributed by atoms with van der Waals surface area (Å²) in [7, 11) is 0. The van der Waals surface area contributed by atoms with Crippen molar-refractivity contribution in [1.82, 2.24) is 24.9 Å². The van der Waals surface area contributed by atoms with Gasteiger partial charge in [0.15, 0.2) is 6.10 Å². The Balaban J connectivity index is 1.55. The first kappa shape index (κ1) is 20.0. The normalized spacial score (nSPS) is 16.1. The predicted molar refractivity (Wildman–Crippen MR) is 104 cm³/mol. The highest BCUT2D eigenvalue weighted by Gasteiger charge is 2.22. The Morgan fingerprint density at radius 2 is 1.96 bits per heavy atom. The number of aryl methyl sites for hydroxylation is 2. The van der Waals surface area contributed by atoms with Crippen LogP contribution >= 0.6 is 0 Å². The Bertz CT molecular complexity index is 872. The van der Waals surface area contributed by atoms with Gasteiger partial charge in [0.2, 0.25) is 5.95 Å². The molecule has 2 aromatic rings. The highest BCUT2D eigenvalue weighted by molar-refractivity contribution is 5.83. The van der Waals surface area contributed by atoms with Crippen LogP contribution in [0.15, 0.2) is 0 Å². The van der Waals surface area contributed by atoms with Crippen LogP contribution in [0, 0.1) is 13.8 Å². The van der Waals surface area contributed by atoms with Crippen molar-refractivity contribution >= 4 is 23.6 Å². The second-order valence-corrected chi connectivity index (χ2v) is 7.42. The van der Waals surface area contributed by atoms with Crippen molar-refractivity contribution in [2.24, 2.45) is 0 Å². The van der Waals surface area contributed by atoms with E-state index in [1.165, 1.54) is 6.42 Å². The first-order chi connectivity index (χ1) is 13.3. The summed E-state index contributed by atoms with van der Waals surface area (Å²) in [6.07, 6.45) is 5.27. The van der Waals surface area contributed by atoms with Crippen LogP contribution in [0.5, 0.6) is 0 Å². The largest absolute Gasteiger partial charge is 0.453 e. The smallest absolute Gasteiger partial charge is 0.306 e. The van der Waals surface area contributed by atoms with Crippen LogP contribution in [0.1, 0.15) is 62.4 Å². The number of fused-ring (bicyclic) bond motifs is 1. The molecule has 2 heterocycles. The van der Waals surface area contributed by atoms with E-state index in [1.54, 1.807) is 11.4 Å². The van der Waals surface area contributed by atoms with Crippen LogP contribution in [0.25, 0.3) is 5.78 Å². The lowest BCUT2D eigenvalue weighted by Gasteiger charge is -2.24. The summed E-state index contributed by atoms with van der Waals surface area (Å²) >= 11 is 0. The first-order valence-corrected chi connectivity index (χ1v) is 9.83. The number of hydrogen-bond acceptors (Lipinski definition) is 7. The Kier molecular flexibility index (Phi) is 6.11. The molecule has 1 fully saturated rings. The highest BCUT2D eigenvalue weighted by Crippen LogP contribution is 2.18. The third-order valence-corrected chi connectivity index (χ3v) is 5.27. The lowest BCUT2D eigenvalue weighted by Crippen LogP contribution is -2.42. The molecule has 1 aliphatic carbocycles. The highest BCUT2D eigenvalue weighted by atomic mass is 16.5. The Morgan fingerprint density at radius 3 is 2.68 bits per heavy atom. The molecule has 1 amide bonds. The first-order valence-electron chi connectivity index (χ1n) is 9.83. The zero-order valence-corrected chi connectivity index (χ0v) is 16.7. The van der Waals surface area contributed by atoms with Gasteiger partial charge in [-0.05, 0) is 45.6 Å². The van der Waals surface area contributed by atoms with Gasteiger partial charge in [-0.25, -0.2) is 4.98 Å². The molecule has 1 aliphatic rings. The lowest BCUT2D eigenvalue weighted by atomic mass is 9.95. The molecule has 1 atom stereocenters. The van der Waals surface area contributed by atoms with Crippen LogP contribution in [0.3, 0.4) is 0 Å². The molecule has 0 unspecified atom stereocenters. The molecule has 9 nitrogen and oxygen atoms in total. The molecule has 9 heteroatoms. The van der Waals surface area contributed by atoms with E-state index < -0.39 is 12.1 Å².